The average molecular weight is 356 g/mol. The predicted molar refractivity (Wildman–Crippen MR) is 96.6 cm³/mol. The quantitative estimate of drug-likeness (QED) is 0.831. The van der Waals surface area contributed by atoms with E-state index >= 15 is 0 Å². The van der Waals surface area contributed by atoms with E-state index in [-0.39, 0.29) is 11.9 Å². The summed E-state index contributed by atoms with van der Waals surface area (Å²) in [4.78, 5) is 25.9. The number of nitrogens with zero attached hydrogens (tertiary/aromatic N) is 4. The Morgan fingerprint density at radius 1 is 1.23 bits per heavy atom. The Labute approximate surface area is 153 Å². The lowest BCUT2D eigenvalue weighted by atomic mass is 9.97. The van der Waals surface area contributed by atoms with Gasteiger partial charge in [-0.1, -0.05) is 5.16 Å². The van der Waals surface area contributed by atoms with Gasteiger partial charge in [-0.2, -0.15) is 4.98 Å². The second-order valence-electron chi connectivity index (χ2n) is 7.44. The summed E-state index contributed by atoms with van der Waals surface area (Å²) in [6, 6.07) is 3.81. The number of carbonyl (C=O) groups is 1. The van der Waals surface area contributed by atoms with Crippen molar-refractivity contribution in [2.75, 3.05) is 13.1 Å². The number of pyridine rings is 1. The van der Waals surface area contributed by atoms with E-state index in [1.807, 2.05) is 39.0 Å². The van der Waals surface area contributed by atoms with Crippen LogP contribution in [0.1, 0.15) is 56.8 Å². The summed E-state index contributed by atoms with van der Waals surface area (Å²) >= 11 is 0. The Kier molecular flexibility index (Phi) is 5.46. The van der Waals surface area contributed by atoms with Gasteiger partial charge in [0.15, 0.2) is 5.82 Å². The van der Waals surface area contributed by atoms with E-state index in [1.54, 1.807) is 23.5 Å². The first-order chi connectivity index (χ1) is 12.4. The maximum absolute atomic E-state index is 12.0. The Morgan fingerprint density at radius 2 is 1.92 bits per heavy atom. The molecule has 2 aromatic rings. The first kappa shape index (κ1) is 18.3. The fourth-order valence-electron chi connectivity index (χ4n) is 2.58. The van der Waals surface area contributed by atoms with Gasteiger partial charge in [-0.15, -0.1) is 5.06 Å². The maximum atomic E-state index is 12.0. The molecule has 0 unspecified atom stereocenters. The molecule has 0 amide bonds. The second kappa shape index (κ2) is 7.78. The smallest absolute Gasteiger partial charge is 0.330 e. The van der Waals surface area contributed by atoms with Crippen molar-refractivity contribution in [1.82, 2.24) is 20.2 Å². The van der Waals surface area contributed by atoms with Crippen LogP contribution in [0.5, 0.6) is 0 Å². The minimum absolute atomic E-state index is 0.209. The fourth-order valence-corrected chi connectivity index (χ4v) is 2.58. The Bertz CT molecular complexity index is 757. The first-order valence-corrected chi connectivity index (χ1v) is 8.81. The van der Waals surface area contributed by atoms with Crippen LogP contribution >= 0.6 is 0 Å². The molecule has 0 bridgehead atoms. The minimum atomic E-state index is -0.499. The van der Waals surface area contributed by atoms with Crippen LogP contribution in [-0.4, -0.2) is 39.2 Å². The van der Waals surface area contributed by atoms with Crippen molar-refractivity contribution in [1.29, 1.82) is 0 Å². The summed E-state index contributed by atoms with van der Waals surface area (Å²) in [5.74, 6) is 1.20. The van der Waals surface area contributed by atoms with Crippen molar-refractivity contribution in [2.45, 2.75) is 39.5 Å². The summed E-state index contributed by atoms with van der Waals surface area (Å²) in [5, 5.41) is 5.83. The van der Waals surface area contributed by atoms with E-state index in [0.717, 1.165) is 18.4 Å². The molecule has 7 nitrogen and oxygen atoms in total. The molecule has 1 aliphatic rings. The maximum Gasteiger partial charge on any atom is 0.330 e. The molecule has 3 rings (SSSR count). The average Bonchev–Trinajstić information content (AvgIpc) is 3.10. The van der Waals surface area contributed by atoms with E-state index in [4.69, 9.17) is 9.36 Å². The molecule has 2 aromatic heterocycles. The van der Waals surface area contributed by atoms with Crippen LogP contribution in [0.4, 0.5) is 0 Å². The lowest BCUT2D eigenvalue weighted by Crippen LogP contribution is -2.38. The Balaban J connectivity index is 1.53. The monoisotopic (exact) mass is 356 g/mol. The number of rotatable bonds is 4. The molecular weight excluding hydrogens is 332 g/mol. The van der Waals surface area contributed by atoms with Crippen LogP contribution in [0, 0.1) is 5.41 Å². The van der Waals surface area contributed by atoms with E-state index in [0.29, 0.717) is 24.8 Å². The third-order valence-corrected chi connectivity index (χ3v) is 4.23. The zero-order valence-electron chi connectivity index (χ0n) is 15.4. The standard InChI is InChI=1S/C19H24N4O3/c1-19(2,3)18(24)26-23-12-8-15(9-13-23)17-21-16(25-22-17)5-4-14-6-10-20-11-7-14/h4-7,10-11,15H,8-9,12-13H2,1-3H3/b5-4+. The first-order valence-electron chi connectivity index (χ1n) is 8.81. The van der Waals surface area contributed by atoms with Gasteiger partial charge < -0.3 is 9.36 Å². The van der Waals surface area contributed by atoms with Gasteiger partial charge in [-0.25, -0.2) is 4.79 Å². The Hall–Kier alpha value is -2.54. The van der Waals surface area contributed by atoms with Gasteiger partial charge in [0.2, 0.25) is 0 Å². The third-order valence-electron chi connectivity index (χ3n) is 4.23. The van der Waals surface area contributed by atoms with Crippen molar-refractivity contribution in [3.63, 3.8) is 0 Å². The molecule has 0 atom stereocenters. The zero-order valence-corrected chi connectivity index (χ0v) is 15.4. The molecule has 7 heteroatoms. The van der Waals surface area contributed by atoms with Crippen LogP contribution in [0.2, 0.25) is 0 Å². The molecule has 1 fully saturated rings. The second-order valence-corrected chi connectivity index (χ2v) is 7.44. The van der Waals surface area contributed by atoms with E-state index in [2.05, 4.69) is 15.1 Å². The van der Waals surface area contributed by atoms with Crippen molar-refractivity contribution in [3.8, 4) is 0 Å². The van der Waals surface area contributed by atoms with Crippen molar-refractivity contribution >= 4 is 18.1 Å². The van der Waals surface area contributed by atoms with Gasteiger partial charge in [-0.05, 0) is 57.4 Å². The van der Waals surface area contributed by atoms with Gasteiger partial charge >= 0.3 is 5.97 Å². The van der Waals surface area contributed by atoms with E-state index in [9.17, 15) is 4.79 Å². The summed E-state index contributed by atoms with van der Waals surface area (Å²) in [7, 11) is 0. The van der Waals surface area contributed by atoms with Gasteiger partial charge in [0.05, 0.1) is 5.41 Å². The molecule has 0 spiro atoms. The van der Waals surface area contributed by atoms with Gasteiger partial charge in [0.1, 0.15) is 0 Å². The molecule has 0 N–H and O–H groups in total. The minimum Gasteiger partial charge on any atom is -0.367 e. The number of hydrogen-bond acceptors (Lipinski definition) is 7. The van der Waals surface area contributed by atoms with Crippen molar-refractivity contribution in [3.05, 3.63) is 41.8 Å². The number of carbonyl (C=O) groups excluding carboxylic acids is 1. The molecule has 0 radical (unpaired) electrons. The topological polar surface area (TPSA) is 81.4 Å². The molecule has 0 aliphatic carbocycles. The zero-order chi connectivity index (χ0) is 18.6. The van der Waals surface area contributed by atoms with E-state index in [1.165, 1.54) is 0 Å². The largest absolute Gasteiger partial charge is 0.367 e. The molecular formula is C19H24N4O3. The lowest BCUT2D eigenvalue weighted by molar-refractivity contribution is -0.204. The highest BCUT2D eigenvalue weighted by molar-refractivity contribution is 5.75. The van der Waals surface area contributed by atoms with Crippen molar-refractivity contribution < 1.29 is 14.2 Å². The predicted octanol–water partition coefficient (Wildman–Crippen LogP) is 3.32. The number of piperidine rings is 1. The van der Waals surface area contributed by atoms with Crippen molar-refractivity contribution in [2.24, 2.45) is 5.41 Å². The number of hydrogen-bond donors (Lipinski definition) is 0. The van der Waals surface area contributed by atoms with Gasteiger partial charge in [0, 0.05) is 37.5 Å². The SMILES string of the molecule is CC(C)(C)C(=O)ON1CCC(c2noc(/C=C/c3ccncc3)n2)CC1. The lowest BCUT2D eigenvalue weighted by Gasteiger charge is -2.30. The van der Waals surface area contributed by atoms with Gasteiger partial charge in [0.25, 0.3) is 5.89 Å². The van der Waals surface area contributed by atoms with Crippen LogP contribution in [0.25, 0.3) is 12.2 Å². The van der Waals surface area contributed by atoms with Crippen LogP contribution < -0.4 is 0 Å². The number of hydroxylamine groups is 2. The molecule has 3 heterocycles. The summed E-state index contributed by atoms with van der Waals surface area (Å²) < 4.78 is 5.31. The fraction of sp³-hybridized carbons (Fsp3) is 0.474. The van der Waals surface area contributed by atoms with Crippen LogP contribution in [-0.2, 0) is 9.63 Å². The highest BCUT2D eigenvalue weighted by Gasteiger charge is 2.30. The summed E-state index contributed by atoms with van der Waals surface area (Å²) in [6.07, 6.45) is 8.83. The molecule has 26 heavy (non-hydrogen) atoms. The molecule has 1 saturated heterocycles. The number of aromatic nitrogens is 3. The normalized spacial score (nSPS) is 16.9. The molecule has 0 aromatic carbocycles. The van der Waals surface area contributed by atoms with Crippen LogP contribution in [0.15, 0.2) is 29.0 Å². The highest BCUT2D eigenvalue weighted by Crippen LogP contribution is 2.27. The molecule has 0 saturated carbocycles. The third kappa shape index (κ3) is 4.76. The molecule has 138 valence electrons. The Morgan fingerprint density at radius 3 is 2.58 bits per heavy atom. The van der Waals surface area contributed by atoms with E-state index < -0.39 is 5.41 Å². The summed E-state index contributed by atoms with van der Waals surface area (Å²) in [5.41, 5.74) is 0.523. The summed E-state index contributed by atoms with van der Waals surface area (Å²) in [6.45, 7) is 6.89. The highest BCUT2D eigenvalue weighted by atomic mass is 16.7. The molecule has 1 aliphatic heterocycles. The van der Waals surface area contributed by atoms with Crippen LogP contribution in [0.3, 0.4) is 0 Å². The van der Waals surface area contributed by atoms with Gasteiger partial charge in [-0.3, -0.25) is 4.98 Å².